The van der Waals surface area contributed by atoms with Crippen LogP contribution < -0.4 is 16.4 Å². The summed E-state index contributed by atoms with van der Waals surface area (Å²) in [6.45, 7) is 3.96. The van der Waals surface area contributed by atoms with Crippen LogP contribution in [0.5, 0.6) is 0 Å². The molecule has 0 aliphatic rings. The largest absolute Gasteiger partial charge is 0.325 e. The lowest BCUT2D eigenvalue weighted by atomic mass is 10.0. The number of halogens is 2. The van der Waals surface area contributed by atoms with Crippen LogP contribution >= 0.6 is 12.4 Å². The van der Waals surface area contributed by atoms with Gasteiger partial charge in [0.2, 0.25) is 11.8 Å². The molecule has 0 saturated carbocycles. The molecule has 2 aromatic carbocycles. The van der Waals surface area contributed by atoms with Gasteiger partial charge in [0.15, 0.2) is 0 Å². The van der Waals surface area contributed by atoms with E-state index in [0.29, 0.717) is 12.1 Å². The van der Waals surface area contributed by atoms with Crippen LogP contribution in [-0.2, 0) is 16.0 Å². The molecule has 5 nitrogen and oxygen atoms in total. The maximum absolute atomic E-state index is 14.0. The second-order valence-electron chi connectivity index (χ2n) is 6.63. The highest BCUT2D eigenvalue weighted by molar-refractivity contribution is 5.96. The number of hydrogen-bond donors (Lipinski definition) is 3. The molecule has 27 heavy (non-hydrogen) atoms. The highest BCUT2D eigenvalue weighted by atomic mass is 35.5. The lowest BCUT2D eigenvalue weighted by Gasteiger charge is -2.15. The highest BCUT2D eigenvalue weighted by Crippen LogP contribution is 2.20. The summed E-state index contributed by atoms with van der Waals surface area (Å²) in [5, 5.41) is 5.19. The van der Waals surface area contributed by atoms with Crippen molar-refractivity contribution in [2.45, 2.75) is 32.7 Å². The van der Waals surface area contributed by atoms with Gasteiger partial charge >= 0.3 is 0 Å². The Morgan fingerprint density at radius 1 is 1.07 bits per heavy atom. The predicted molar refractivity (Wildman–Crippen MR) is 108 cm³/mol. The van der Waals surface area contributed by atoms with E-state index in [9.17, 15) is 14.0 Å². The maximum atomic E-state index is 14.0. The zero-order chi connectivity index (χ0) is 19.1. The van der Waals surface area contributed by atoms with Crippen LogP contribution in [-0.4, -0.2) is 17.9 Å². The second kappa shape index (κ2) is 10.6. The first-order chi connectivity index (χ1) is 12.3. The summed E-state index contributed by atoms with van der Waals surface area (Å²) in [6, 6.07) is 12.5. The van der Waals surface area contributed by atoms with Crippen molar-refractivity contribution < 1.29 is 14.0 Å². The van der Waals surface area contributed by atoms with Gasteiger partial charge in [-0.25, -0.2) is 4.39 Å². The Balaban J connectivity index is 0.00000364. The molecule has 7 heteroatoms. The van der Waals surface area contributed by atoms with Crippen LogP contribution in [0.3, 0.4) is 0 Å². The average Bonchev–Trinajstić information content (AvgIpc) is 2.58. The summed E-state index contributed by atoms with van der Waals surface area (Å²) in [7, 11) is 0. The Morgan fingerprint density at radius 3 is 2.37 bits per heavy atom. The van der Waals surface area contributed by atoms with Crippen molar-refractivity contribution in [3.05, 3.63) is 59.9 Å². The van der Waals surface area contributed by atoms with Gasteiger partial charge in [0.25, 0.3) is 0 Å². The van der Waals surface area contributed by atoms with Crippen molar-refractivity contribution in [2.75, 3.05) is 10.6 Å². The summed E-state index contributed by atoms with van der Waals surface area (Å²) in [6.07, 6.45) is 0.684. The first kappa shape index (κ1) is 22.6. The molecule has 2 amide bonds. The summed E-state index contributed by atoms with van der Waals surface area (Å²) >= 11 is 0. The van der Waals surface area contributed by atoms with Crippen LogP contribution in [0.25, 0.3) is 0 Å². The number of hydrogen-bond acceptors (Lipinski definition) is 3. The fraction of sp³-hybridized carbons (Fsp3) is 0.300. The molecule has 146 valence electrons. The van der Waals surface area contributed by atoms with Crippen LogP contribution in [0, 0.1) is 11.7 Å². The Labute approximate surface area is 164 Å². The Bertz CT molecular complexity index is 769. The number of benzene rings is 2. The zero-order valence-corrected chi connectivity index (χ0v) is 16.2. The fourth-order valence-corrected chi connectivity index (χ4v) is 2.52. The number of carbonyl (C=O) groups is 2. The number of nitrogens with two attached hydrogens (primary N) is 1. The monoisotopic (exact) mass is 393 g/mol. The van der Waals surface area contributed by atoms with E-state index in [0.717, 1.165) is 5.56 Å². The van der Waals surface area contributed by atoms with Gasteiger partial charge in [-0.1, -0.05) is 44.2 Å². The molecule has 0 fully saturated rings. The molecule has 4 N–H and O–H groups in total. The minimum atomic E-state index is -0.642. The molecular formula is C20H25ClFN3O2. The molecule has 0 unspecified atom stereocenters. The maximum Gasteiger partial charge on any atom is 0.241 e. The molecule has 0 aliphatic carbocycles. The van der Waals surface area contributed by atoms with Gasteiger partial charge in [-0.3, -0.25) is 9.59 Å². The molecule has 0 heterocycles. The van der Waals surface area contributed by atoms with Crippen LogP contribution in [0.4, 0.5) is 15.8 Å². The number of amides is 2. The molecular weight excluding hydrogens is 369 g/mol. The van der Waals surface area contributed by atoms with E-state index in [-0.39, 0.29) is 42.2 Å². The predicted octanol–water partition coefficient (Wildman–Crippen LogP) is 3.74. The lowest BCUT2D eigenvalue weighted by molar-refractivity contribution is -0.117. The average molecular weight is 394 g/mol. The summed E-state index contributed by atoms with van der Waals surface area (Å²) < 4.78 is 14.0. The molecule has 0 aliphatic heterocycles. The quantitative estimate of drug-likeness (QED) is 0.669. The Kier molecular flexibility index (Phi) is 8.91. The summed E-state index contributed by atoms with van der Waals surface area (Å²) in [5.41, 5.74) is 7.07. The van der Waals surface area contributed by atoms with Crippen molar-refractivity contribution in [3.63, 3.8) is 0 Å². The molecule has 2 rings (SSSR count). The van der Waals surface area contributed by atoms with E-state index in [1.807, 2.05) is 44.2 Å². The van der Waals surface area contributed by atoms with Gasteiger partial charge in [-0.05, 0) is 36.1 Å². The van der Waals surface area contributed by atoms with Gasteiger partial charge in [0.1, 0.15) is 5.82 Å². The molecule has 0 radical (unpaired) electrons. The third-order valence-corrected chi connectivity index (χ3v) is 3.78. The topological polar surface area (TPSA) is 84.2 Å². The Hall–Kier alpha value is -2.44. The first-order valence-corrected chi connectivity index (χ1v) is 8.55. The van der Waals surface area contributed by atoms with E-state index in [1.54, 1.807) is 0 Å². The molecule has 2 aromatic rings. The van der Waals surface area contributed by atoms with Crippen molar-refractivity contribution in [3.8, 4) is 0 Å². The molecule has 0 aromatic heterocycles. The van der Waals surface area contributed by atoms with Crippen molar-refractivity contribution >= 4 is 35.6 Å². The Morgan fingerprint density at radius 2 is 1.74 bits per heavy atom. The van der Waals surface area contributed by atoms with E-state index >= 15 is 0 Å². The lowest BCUT2D eigenvalue weighted by Crippen LogP contribution is -2.36. The SMILES string of the molecule is CC(C)C[C@H](N)C(=O)Nc1ccc(F)c(NC(=O)Cc2ccccc2)c1.Cl. The third-order valence-electron chi connectivity index (χ3n) is 3.78. The van der Waals surface area contributed by atoms with Gasteiger partial charge in [0.05, 0.1) is 18.2 Å². The van der Waals surface area contributed by atoms with Gasteiger partial charge in [-0.2, -0.15) is 0 Å². The smallest absolute Gasteiger partial charge is 0.241 e. The van der Waals surface area contributed by atoms with E-state index in [4.69, 9.17) is 5.73 Å². The summed E-state index contributed by atoms with van der Waals surface area (Å²) in [5.74, 6) is -0.963. The summed E-state index contributed by atoms with van der Waals surface area (Å²) in [4.78, 5) is 24.2. The molecule has 0 saturated heterocycles. The second-order valence-corrected chi connectivity index (χ2v) is 6.63. The van der Waals surface area contributed by atoms with Crippen molar-refractivity contribution in [1.29, 1.82) is 0 Å². The van der Waals surface area contributed by atoms with E-state index < -0.39 is 11.9 Å². The normalized spacial score (nSPS) is 11.4. The number of anilines is 2. The number of nitrogens with one attached hydrogen (secondary N) is 2. The van der Waals surface area contributed by atoms with Crippen molar-refractivity contribution in [1.82, 2.24) is 0 Å². The molecule has 0 spiro atoms. The fourth-order valence-electron chi connectivity index (χ4n) is 2.52. The van der Waals surface area contributed by atoms with Gasteiger partial charge in [0, 0.05) is 5.69 Å². The third kappa shape index (κ3) is 7.37. The van der Waals surface area contributed by atoms with E-state index in [2.05, 4.69) is 10.6 Å². The highest BCUT2D eigenvalue weighted by Gasteiger charge is 2.16. The number of rotatable bonds is 7. The van der Waals surface area contributed by atoms with Crippen LogP contribution in [0.1, 0.15) is 25.8 Å². The first-order valence-electron chi connectivity index (χ1n) is 8.55. The minimum absolute atomic E-state index is 0. The van der Waals surface area contributed by atoms with Crippen LogP contribution in [0.2, 0.25) is 0 Å². The van der Waals surface area contributed by atoms with Crippen molar-refractivity contribution in [2.24, 2.45) is 11.7 Å². The molecule has 1 atom stereocenters. The van der Waals surface area contributed by atoms with E-state index in [1.165, 1.54) is 18.2 Å². The van der Waals surface area contributed by atoms with Gasteiger partial charge < -0.3 is 16.4 Å². The zero-order valence-electron chi connectivity index (χ0n) is 15.4. The van der Waals surface area contributed by atoms with Gasteiger partial charge in [-0.15, -0.1) is 12.4 Å². The number of carbonyl (C=O) groups excluding carboxylic acids is 2. The standard InChI is InChI=1S/C20H24FN3O2.ClH/c1-13(2)10-17(22)20(26)23-15-8-9-16(21)18(12-15)24-19(25)11-14-6-4-3-5-7-14;/h3-9,12-13,17H,10-11,22H2,1-2H3,(H,23,26)(H,24,25);1H/t17-;/m0./s1. The molecule has 0 bridgehead atoms. The van der Waals surface area contributed by atoms with Crippen LogP contribution in [0.15, 0.2) is 48.5 Å². The minimum Gasteiger partial charge on any atom is -0.325 e.